The molecule has 0 aromatic rings. The summed E-state index contributed by atoms with van der Waals surface area (Å²) in [7, 11) is 0. The van der Waals surface area contributed by atoms with Gasteiger partial charge in [0.15, 0.2) is 0 Å². The van der Waals surface area contributed by atoms with E-state index in [4.69, 9.17) is 0 Å². The lowest BCUT2D eigenvalue weighted by Gasteiger charge is -2.39. The molecule has 0 aromatic carbocycles. The highest BCUT2D eigenvalue weighted by atomic mass is 79.9. The molecule has 2 heterocycles. The van der Waals surface area contributed by atoms with Crippen LogP contribution in [0.15, 0.2) is 0 Å². The van der Waals surface area contributed by atoms with E-state index in [1.165, 1.54) is 12.8 Å². The maximum Gasteiger partial charge on any atom is 0.238 e. The van der Waals surface area contributed by atoms with Gasteiger partial charge in [-0.25, -0.2) is 0 Å². The molecule has 2 rings (SSSR count). The zero-order valence-electron chi connectivity index (χ0n) is 5.01. The van der Waals surface area contributed by atoms with Crippen molar-refractivity contribution >= 4 is 21.8 Å². The molecule has 50 valence electrons. The smallest absolute Gasteiger partial charge is 0.238 e. The van der Waals surface area contributed by atoms with Crippen LogP contribution in [0.4, 0.5) is 0 Å². The van der Waals surface area contributed by atoms with Crippen molar-refractivity contribution in [3.63, 3.8) is 0 Å². The fourth-order valence-corrected chi connectivity index (χ4v) is 2.42. The molecule has 2 nitrogen and oxygen atoms in total. The number of rotatable bonds is 0. The van der Waals surface area contributed by atoms with Crippen LogP contribution in [0.2, 0.25) is 0 Å². The molecule has 2 unspecified atom stereocenters. The largest absolute Gasteiger partial charge is 0.337 e. The molecule has 2 aliphatic rings. The zero-order chi connectivity index (χ0) is 6.43. The first-order chi connectivity index (χ1) is 4.30. The normalized spacial score (nSPS) is 40.6. The van der Waals surface area contributed by atoms with Gasteiger partial charge in [-0.2, -0.15) is 0 Å². The SMILES string of the molecule is O=C1C(Br)C2CCCN12. The number of nitrogens with zero attached hydrogens (tertiary/aromatic N) is 1. The monoisotopic (exact) mass is 189 g/mol. The molecule has 2 saturated heterocycles. The second kappa shape index (κ2) is 1.72. The van der Waals surface area contributed by atoms with Crippen molar-refractivity contribution in [2.24, 2.45) is 0 Å². The molecule has 0 bridgehead atoms. The zero-order valence-corrected chi connectivity index (χ0v) is 6.60. The Balaban J connectivity index is 2.14. The van der Waals surface area contributed by atoms with Crippen LogP contribution >= 0.6 is 15.9 Å². The number of hydrogen-bond donors (Lipinski definition) is 0. The highest BCUT2D eigenvalue weighted by Gasteiger charge is 2.47. The van der Waals surface area contributed by atoms with E-state index in [-0.39, 0.29) is 10.7 Å². The fraction of sp³-hybridized carbons (Fsp3) is 0.833. The number of carbonyl (C=O) groups excluding carboxylic acids is 1. The topological polar surface area (TPSA) is 20.3 Å². The van der Waals surface area contributed by atoms with E-state index in [1.807, 2.05) is 4.90 Å². The van der Waals surface area contributed by atoms with Crippen molar-refractivity contribution in [1.82, 2.24) is 4.90 Å². The summed E-state index contributed by atoms with van der Waals surface area (Å²) in [5, 5.41) is 0. The molecule has 0 spiro atoms. The Morgan fingerprint density at radius 3 is 3.11 bits per heavy atom. The first-order valence-electron chi connectivity index (χ1n) is 3.25. The minimum Gasteiger partial charge on any atom is -0.337 e. The Bertz CT molecular complexity index is 159. The fourth-order valence-electron chi connectivity index (χ4n) is 1.61. The van der Waals surface area contributed by atoms with E-state index in [9.17, 15) is 4.79 Å². The summed E-state index contributed by atoms with van der Waals surface area (Å²) in [6, 6.07) is 0.539. The van der Waals surface area contributed by atoms with Gasteiger partial charge in [-0.05, 0) is 12.8 Å². The van der Waals surface area contributed by atoms with E-state index in [0.29, 0.717) is 6.04 Å². The third-order valence-electron chi connectivity index (χ3n) is 2.16. The summed E-state index contributed by atoms with van der Waals surface area (Å²) < 4.78 is 0. The lowest BCUT2D eigenvalue weighted by Crippen LogP contribution is -2.58. The molecule has 0 N–H and O–H groups in total. The lowest BCUT2D eigenvalue weighted by molar-refractivity contribution is -0.141. The Labute approximate surface area is 62.3 Å². The van der Waals surface area contributed by atoms with Crippen LogP contribution in [0.3, 0.4) is 0 Å². The molecule has 0 saturated carbocycles. The van der Waals surface area contributed by atoms with Crippen molar-refractivity contribution in [2.75, 3.05) is 6.54 Å². The summed E-state index contributed by atoms with van der Waals surface area (Å²) in [5.41, 5.74) is 0. The molecule has 0 aromatic heterocycles. The number of fused-ring (bicyclic) bond motifs is 1. The first kappa shape index (κ1) is 5.71. The number of amides is 1. The second-order valence-electron chi connectivity index (χ2n) is 2.64. The van der Waals surface area contributed by atoms with Crippen LogP contribution in [-0.4, -0.2) is 28.2 Å². The van der Waals surface area contributed by atoms with Crippen LogP contribution in [0.25, 0.3) is 0 Å². The third-order valence-corrected chi connectivity index (χ3v) is 3.16. The molecule has 2 fully saturated rings. The second-order valence-corrected chi connectivity index (χ2v) is 3.63. The van der Waals surface area contributed by atoms with E-state index < -0.39 is 0 Å². The van der Waals surface area contributed by atoms with E-state index in [0.717, 1.165) is 6.54 Å². The minimum absolute atomic E-state index is 0.153. The number of β-lactam (4-membered cyclic amide) rings is 1. The van der Waals surface area contributed by atoms with Crippen LogP contribution in [0, 0.1) is 0 Å². The van der Waals surface area contributed by atoms with Crippen molar-refractivity contribution < 1.29 is 4.79 Å². The molecule has 3 heteroatoms. The van der Waals surface area contributed by atoms with E-state index >= 15 is 0 Å². The van der Waals surface area contributed by atoms with Crippen LogP contribution < -0.4 is 0 Å². The van der Waals surface area contributed by atoms with Gasteiger partial charge in [-0.15, -0.1) is 0 Å². The third kappa shape index (κ3) is 0.584. The van der Waals surface area contributed by atoms with Gasteiger partial charge in [0.1, 0.15) is 4.83 Å². The summed E-state index contributed by atoms with van der Waals surface area (Å²) in [5.74, 6) is 0.289. The van der Waals surface area contributed by atoms with Gasteiger partial charge >= 0.3 is 0 Å². The maximum absolute atomic E-state index is 10.9. The Morgan fingerprint density at radius 2 is 2.44 bits per heavy atom. The van der Waals surface area contributed by atoms with Crippen molar-refractivity contribution in [3.8, 4) is 0 Å². The summed E-state index contributed by atoms with van der Waals surface area (Å²) in [4.78, 5) is 13.0. The van der Waals surface area contributed by atoms with Crippen LogP contribution in [-0.2, 0) is 4.79 Å². The number of alkyl halides is 1. The summed E-state index contributed by atoms with van der Waals surface area (Å²) in [6.45, 7) is 0.992. The summed E-state index contributed by atoms with van der Waals surface area (Å²) in [6.07, 6.45) is 2.39. The van der Waals surface area contributed by atoms with Gasteiger partial charge in [0.25, 0.3) is 0 Å². The molecule has 2 aliphatic heterocycles. The lowest BCUT2D eigenvalue weighted by atomic mass is 10.0. The molecular weight excluding hydrogens is 182 g/mol. The van der Waals surface area contributed by atoms with E-state index in [2.05, 4.69) is 15.9 Å². The van der Waals surface area contributed by atoms with Gasteiger partial charge in [-0.1, -0.05) is 15.9 Å². The summed E-state index contributed by atoms with van der Waals surface area (Å²) >= 11 is 3.34. The highest BCUT2D eigenvalue weighted by molar-refractivity contribution is 9.10. The predicted molar refractivity (Wildman–Crippen MR) is 37.5 cm³/mol. The van der Waals surface area contributed by atoms with Gasteiger partial charge in [0.05, 0.1) is 6.04 Å². The van der Waals surface area contributed by atoms with Gasteiger partial charge in [0.2, 0.25) is 5.91 Å². The molecule has 9 heavy (non-hydrogen) atoms. The predicted octanol–water partition coefficient (Wildman–Crippen LogP) is 0.755. The molecule has 0 aliphatic carbocycles. The van der Waals surface area contributed by atoms with Crippen molar-refractivity contribution in [1.29, 1.82) is 0 Å². The molecule has 0 radical (unpaired) electrons. The standard InChI is InChI=1S/C6H8BrNO/c7-5-4-2-1-3-8(4)6(5)9/h4-5H,1-3H2. The Hall–Kier alpha value is -0.0500. The first-order valence-corrected chi connectivity index (χ1v) is 4.17. The van der Waals surface area contributed by atoms with Gasteiger partial charge in [0, 0.05) is 6.54 Å². The highest BCUT2D eigenvalue weighted by Crippen LogP contribution is 2.34. The molecule has 1 amide bonds. The number of hydrogen-bond acceptors (Lipinski definition) is 1. The van der Waals surface area contributed by atoms with Crippen LogP contribution in [0.1, 0.15) is 12.8 Å². The van der Waals surface area contributed by atoms with Crippen LogP contribution in [0.5, 0.6) is 0 Å². The van der Waals surface area contributed by atoms with Crippen molar-refractivity contribution in [2.45, 2.75) is 23.7 Å². The molecule has 2 atom stereocenters. The molecular formula is C6H8BrNO. The van der Waals surface area contributed by atoms with Crippen molar-refractivity contribution in [3.05, 3.63) is 0 Å². The Kier molecular flexibility index (Phi) is 1.09. The van der Waals surface area contributed by atoms with Gasteiger partial charge < -0.3 is 4.90 Å². The maximum atomic E-state index is 10.9. The quantitative estimate of drug-likeness (QED) is 0.407. The minimum atomic E-state index is 0.153. The average Bonchev–Trinajstić information content (AvgIpc) is 2.30. The van der Waals surface area contributed by atoms with Gasteiger partial charge in [-0.3, -0.25) is 4.79 Å². The average molecular weight is 190 g/mol. The number of carbonyl (C=O) groups is 1. The number of halogens is 1. The van der Waals surface area contributed by atoms with E-state index in [1.54, 1.807) is 0 Å². The Morgan fingerprint density at radius 1 is 1.67 bits per heavy atom.